The lowest BCUT2D eigenvalue weighted by Gasteiger charge is -2.18. The van der Waals surface area contributed by atoms with Crippen LogP contribution in [-0.2, 0) is 0 Å². The van der Waals surface area contributed by atoms with E-state index in [9.17, 15) is 0 Å². The summed E-state index contributed by atoms with van der Waals surface area (Å²) >= 11 is 0. The van der Waals surface area contributed by atoms with Crippen molar-refractivity contribution < 1.29 is 0 Å². The van der Waals surface area contributed by atoms with Crippen LogP contribution in [0.25, 0.3) is 0 Å². The van der Waals surface area contributed by atoms with E-state index in [2.05, 4.69) is 37.5 Å². The molecule has 0 saturated carbocycles. The Balaban J connectivity index is 2.66. The van der Waals surface area contributed by atoms with Gasteiger partial charge in [0.05, 0.1) is 6.04 Å². The van der Waals surface area contributed by atoms with Gasteiger partial charge in [0.1, 0.15) is 0 Å². The van der Waals surface area contributed by atoms with Crippen molar-refractivity contribution in [2.24, 2.45) is 0 Å². The van der Waals surface area contributed by atoms with Crippen LogP contribution in [0, 0.1) is 0 Å². The van der Waals surface area contributed by atoms with E-state index in [0.29, 0.717) is 0 Å². The Kier molecular flexibility index (Phi) is 3.99. The lowest BCUT2D eigenvalue weighted by molar-refractivity contribution is 0.808. The van der Waals surface area contributed by atoms with Crippen molar-refractivity contribution in [3.05, 3.63) is 55.1 Å². The minimum Gasteiger partial charge on any atom is -0.378 e. The van der Waals surface area contributed by atoms with Gasteiger partial charge in [0.25, 0.3) is 0 Å². The predicted molar refractivity (Wildman–Crippen MR) is 63.5 cm³/mol. The van der Waals surface area contributed by atoms with Gasteiger partial charge in [-0.25, -0.2) is 0 Å². The maximum atomic E-state index is 3.96. The van der Waals surface area contributed by atoms with Gasteiger partial charge in [0.15, 0.2) is 0 Å². The highest BCUT2D eigenvalue weighted by Crippen LogP contribution is 2.13. The molecule has 0 spiro atoms. The van der Waals surface area contributed by atoms with E-state index >= 15 is 0 Å². The normalized spacial score (nSPS) is 11.8. The van der Waals surface area contributed by atoms with Crippen molar-refractivity contribution in [1.29, 1.82) is 0 Å². The third kappa shape index (κ3) is 2.77. The fourth-order valence-electron chi connectivity index (χ4n) is 1.33. The van der Waals surface area contributed by atoms with Crippen LogP contribution in [0.15, 0.2) is 55.1 Å². The molecule has 1 aromatic carbocycles. The van der Waals surface area contributed by atoms with Crippen LogP contribution < -0.4 is 5.32 Å². The highest BCUT2D eigenvalue weighted by atomic mass is 14.9. The SMILES string of the molecule is C=CC(=C)C(CC)Nc1ccccc1. The average Bonchev–Trinajstić information content (AvgIpc) is 2.26. The van der Waals surface area contributed by atoms with Gasteiger partial charge in [0, 0.05) is 5.69 Å². The quantitative estimate of drug-likeness (QED) is 0.694. The Morgan fingerprint density at radius 3 is 2.57 bits per heavy atom. The summed E-state index contributed by atoms with van der Waals surface area (Å²) in [7, 11) is 0. The standard InChI is InChI=1S/C13H17N/c1-4-11(3)13(5-2)14-12-9-7-6-8-10-12/h4,6-10,13-14H,1,3,5H2,2H3. The predicted octanol–water partition coefficient (Wildman–Crippen LogP) is 3.62. The zero-order valence-electron chi connectivity index (χ0n) is 8.66. The first kappa shape index (κ1) is 10.6. The highest BCUT2D eigenvalue weighted by Gasteiger charge is 2.06. The zero-order valence-corrected chi connectivity index (χ0v) is 8.66. The molecule has 0 fully saturated rings. The number of benzene rings is 1. The minimum absolute atomic E-state index is 0.287. The lowest BCUT2D eigenvalue weighted by Crippen LogP contribution is -2.19. The highest BCUT2D eigenvalue weighted by molar-refractivity contribution is 5.46. The molecule has 1 aromatic rings. The Morgan fingerprint density at radius 2 is 2.07 bits per heavy atom. The molecule has 0 radical (unpaired) electrons. The van der Waals surface area contributed by atoms with Crippen molar-refractivity contribution in [2.45, 2.75) is 19.4 Å². The number of anilines is 1. The summed E-state index contributed by atoms with van der Waals surface area (Å²) < 4.78 is 0. The Bertz CT molecular complexity index is 300. The monoisotopic (exact) mass is 187 g/mol. The maximum absolute atomic E-state index is 3.96. The molecular formula is C13H17N. The number of para-hydroxylation sites is 1. The molecule has 74 valence electrons. The van der Waals surface area contributed by atoms with Gasteiger partial charge in [-0.2, -0.15) is 0 Å². The number of nitrogens with one attached hydrogen (secondary N) is 1. The third-order valence-electron chi connectivity index (χ3n) is 2.23. The van der Waals surface area contributed by atoms with E-state index in [1.807, 2.05) is 24.3 Å². The average molecular weight is 187 g/mol. The molecule has 0 aliphatic heterocycles. The van der Waals surface area contributed by atoms with Crippen molar-refractivity contribution in [3.63, 3.8) is 0 Å². The second-order valence-corrected chi connectivity index (χ2v) is 3.25. The van der Waals surface area contributed by atoms with E-state index < -0.39 is 0 Å². The first-order valence-electron chi connectivity index (χ1n) is 4.90. The molecular weight excluding hydrogens is 170 g/mol. The first-order chi connectivity index (χ1) is 6.77. The van der Waals surface area contributed by atoms with E-state index in [1.54, 1.807) is 0 Å². The molecule has 1 atom stereocenters. The summed E-state index contributed by atoms with van der Waals surface area (Å²) in [4.78, 5) is 0. The maximum Gasteiger partial charge on any atom is 0.0505 e. The van der Waals surface area contributed by atoms with Crippen LogP contribution in [0.5, 0.6) is 0 Å². The van der Waals surface area contributed by atoms with Crippen LogP contribution in [-0.4, -0.2) is 6.04 Å². The van der Waals surface area contributed by atoms with Crippen molar-refractivity contribution in [3.8, 4) is 0 Å². The molecule has 14 heavy (non-hydrogen) atoms. The zero-order chi connectivity index (χ0) is 10.4. The molecule has 0 aliphatic rings. The largest absolute Gasteiger partial charge is 0.378 e. The van der Waals surface area contributed by atoms with Crippen molar-refractivity contribution in [2.75, 3.05) is 5.32 Å². The molecule has 1 rings (SSSR count). The van der Waals surface area contributed by atoms with E-state index in [0.717, 1.165) is 17.7 Å². The summed E-state index contributed by atoms with van der Waals surface area (Å²) in [5.41, 5.74) is 2.17. The van der Waals surface area contributed by atoms with Gasteiger partial charge in [0.2, 0.25) is 0 Å². The fraction of sp³-hybridized carbons (Fsp3) is 0.231. The van der Waals surface area contributed by atoms with Gasteiger partial charge in [-0.3, -0.25) is 0 Å². The van der Waals surface area contributed by atoms with E-state index in [4.69, 9.17) is 0 Å². The fourth-order valence-corrected chi connectivity index (χ4v) is 1.33. The lowest BCUT2D eigenvalue weighted by atomic mass is 10.1. The van der Waals surface area contributed by atoms with Crippen LogP contribution >= 0.6 is 0 Å². The number of hydrogen-bond acceptors (Lipinski definition) is 1. The minimum atomic E-state index is 0.287. The third-order valence-corrected chi connectivity index (χ3v) is 2.23. The summed E-state index contributed by atoms with van der Waals surface area (Å²) in [6.45, 7) is 9.83. The summed E-state index contributed by atoms with van der Waals surface area (Å²) in [6.07, 6.45) is 2.82. The molecule has 1 N–H and O–H groups in total. The van der Waals surface area contributed by atoms with E-state index in [1.165, 1.54) is 0 Å². The first-order valence-corrected chi connectivity index (χ1v) is 4.90. The Morgan fingerprint density at radius 1 is 1.43 bits per heavy atom. The second kappa shape index (κ2) is 5.28. The molecule has 1 heteroatoms. The van der Waals surface area contributed by atoms with Gasteiger partial charge in [-0.05, 0) is 24.1 Å². The summed E-state index contributed by atoms with van der Waals surface area (Å²) in [5, 5.41) is 3.41. The summed E-state index contributed by atoms with van der Waals surface area (Å²) in [6, 6.07) is 10.4. The van der Waals surface area contributed by atoms with Gasteiger partial charge in [-0.15, -0.1) is 0 Å². The Labute approximate surface area is 86.2 Å². The van der Waals surface area contributed by atoms with Crippen LogP contribution in [0.3, 0.4) is 0 Å². The van der Waals surface area contributed by atoms with Gasteiger partial charge >= 0.3 is 0 Å². The topological polar surface area (TPSA) is 12.0 Å². The van der Waals surface area contributed by atoms with Gasteiger partial charge in [-0.1, -0.05) is 44.4 Å². The molecule has 0 saturated heterocycles. The second-order valence-electron chi connectivity index (χ2n) is 3.25. The molecule has 0 heterocycles. The van der Waals surface area contributed by atoms with Gasteiger partial charge < -0.3 is 5.32 Å². The number of hydrogen-bond donors (Lipinski definition) is 1. The van der Waals surface area contributed by atoms with Crippen LogP contribution in [0.1, 0.15) is 13.3 Å². The smallest absolute Gasteiger partial charge is 0.0505 e. The number of rotatable bonds is 5. The molecule has 0 aromatic heterocycles. The molecule has 0 amide bonds. The van der Waals surface area contributed by atoms with Crippen molar-refractivity contribution >= 4 is 5.69 Å². The molecule has 0 bridgehead atoms. The molecule has 1 unspecified atom stereocenters. The Hall–Kier alpha value is -1.50. The summed E-state index contributed by atoms with van der Waals surface area (Å²) in [5.74, 6) is 0. The van der Waals surface area contributed by atoms with Crippen molar-refractivity contribution in [1.82, 2.24) is 0 Å². The van der Waals surface area contributed by atoms with Crippen LogP contribution in [0.4, 0.5) is 5.69 Å². The molecule has 1 nitrogen and oxygen atoms in total. The van der Waals surface area contributed by atoms with E-state index in [-0.39, 0.29) is 6.04 Å². The van der Waals surface area contributed by atoms with Crippen LogP contribution in [0.2, 0.25) is 0 Å². The molecule has 0 aliphatic carbocycles.